The van der Waals surface area contributed by atoms with Crippen LogP contribution in [0.3, 0.4) is 0 Å². The van der Waals surface area contributed by atoms with Crippen molar-refractivity contribution in [3.05, 3.63) is 99.1 Å². The molecule has 0 aliphatic heterocycles. The van der Waals surface area contributed by atoms with E-state index in [9.17, 15) is 20.2 Å². The standard InChI is InChI=1S/C22H14ClN3O4/c23-19-11-10-17(26(28)29)13-15(19)12-16(14-24)22(27)25-20-8-4-5-9-21(20)30-18-6-2-1-3-7-18/h1-13H,(H,25,27)/b16-12+. The molecule has 0 aromatic heterocycles. The van der Waals surface area contributed by atoms with Crippen LogP contribution in [0.25, 0.3) is 6.08 Å². The van der Waals surface area contributed by atoms with Crippen LogP contribution in [-0.4, -0.2) is 10.8 Å². The molecule has 7 nitrogen and oxygen atoms in total. The monoisotopic (exact) mass is 419 g/mol. The molecular weight excluding hydrogens is 406 g/mol. The molecule has 3 aromatic carbocycles. The van der Waals surface area contributed by atoms with Gasteiger partial charge in [-0.05, 0) is 36.4 Å². The number of benzene rings is 3. The molecule has 0 saturated carbocycles. The van der Waals surface area contributed by atoms with Crippen LogP contribution in [-0.2, 0) is 4.79 Å². The highest BCUT2D eigenvalue weighted by atomic mass is 35.5. The van der Waals surface area contributed by atoms with Gasteiger partial charge in [-0.3, -0.25) is 14.9 Å². The summed E-state index contributed by atoms with van der Waals surface area (Å²) in [5.74, 6) is 0.269. The van der Waals surface area contributed by atoms with Crippen LogP contribution in [0.4, 0.5) is 11.4 Å². The molecule has 1 N–H and O–H groups in total. The fraction of sp³-hybridized carbons (Fsp3) is 0. The molecule has 0 aliphatic rings. The molecule has 0 unspecified atom stereocenters. The summed E-state index contributed by atoms with van der Waals surface area (Å²) in [6.07, 6.45) is 1.20. The molecule has 1 amide bonds. The number of nitrogens with one attached hydrogen (secondary N) is 1. The van der Waals surface area contributed by atoms with Gasteiger partial charge in [-0.1, -0.05) is 41.9 Å². The van der Waals surface area contributed by atoms with Crippen LogP contribution >= 0.6 is 11.6 Å². The molecule has 0 radical (unpaired) electrons. The molecule has 0 bridgehead atoms. The summed E-state index contributed by atoms with van der Waals surface area (Å²) in [6.45, 7) is 0. The SMILES string of the molecule is N#C/C(=C\c1cc([N+](=O)[O-])ccc1Cl)C(=O)Nc1ccccc1Oc1ccccc1. The highest BCUT2D eigenvalue weighted by molar-refractivity contribution is 6.32. The minimum Gasteiger partial charge on any atom is -0.455 e. The molecule has 8 heteroatoms. The van der Waals surface area contributed by atoms with Crippen molar-refractivity contribution in [1.82, 2.24) is 0 Å². The minimum atomic E-state index is -0.704. The highest BCUT2D eigenvalue weighted by Crippen LogP contribution is 2.30. The molecule has 0 aliphatic carbocycles. The maximum atomic E-state index is 12.6. The summed E-state index contributed by atoms with van der Waals surface area (Å²) in [7, 11) is 0. The smallest absolute Gasteiger partial charge is 0.270 e. The Hall–Kier alpha value is -4.15. The van der Waals surface area contributed by atoms with Gasteiger partial charge in [-0.2, -0.15) is 5.26 Å². The topological polar surface area (TPSA) is 105 Å². The molecule has 3 rings (SSSR count). The van der Waals surface area contributed by atoms with E-state index >= 15 is 0 Å². The van der Waals surface area contributed by atoms with Crippen molar-refractivity contribution in [1.29, 1.82) is 5.26 Å². The Morgan fingerprint density at radius 1 is 1.10 bits per heavy atom. The van der Waals surface area contributed by atoms with E-state index in [1.165, 1.54) is 24.3 Å². The van der Waals surface area contributed by atoms with Gasteiger partial charge < -0.3 is 10.1 Å². The van der Waals surface area contributed by atoms with E-state index < -0.39 is 10.8 Å². The van der Waals surface area contributed by atoms with E-state index in [4.69, 9.17) is 16.3 Å². The predicted molar refractivity (Wildman–Crippen MR) is 113 cm³/mol. The Morgan fingerprint density at radius 3 is 2.50 bits per heavy atom. The molecule has 148 valence electrons. The molecule has 0 atom stereocenters. The third kappa shape index (κ3) is 5.01. The number of non-ortho nitro benzene ring substituents is 1. The summed E-state index contributed by atoms with van der Waals surface area (Å²) in [6, 6.07) is 21.3. The van der Waals surface area contributed by atoms with Gasteiger partial charge in [0.25, 0.3) is 11.6 Å². The van der Waals surface area contributed by atoms with E-state index in [0.29, 0.717) is 17.2 Å². The molecule has 0 heterocycles. The van der Waals surface area contributed by atoms with Gasteiger partial charge in [0.15, 0.2) is 5.75 Å². The Balaban J connectivity index is 1.87. The first-order chi connectivity index (χ1) is 14.5. The van der Waals surface area contributed by atoms with Crippen molar-refractivity contribution < 1.29 is 14.5 Å². The number of halogens is 1. The Labute approximate surface area is 176 Å². The van der Waals surface area contributed by atoms with Gasteiger partial charge in [0, 0.05) is 22.7 Å². The number of nitro groups is 1. The number of carbonyl (C=O) groups is 1. The summed E-state index contributed by atoms with van der Waals surface area (Å²) in [4.78, 5) is 23.0. The van der Waals surface area contributed by atoms with Crippen molar-refractivity contribution in [2.24, 2.45) is 0 Å². The van der Waals surface area contributed by atoms with Crippen LogP contribution < -0.4 is 10.1 Å². The normalized spacial score (nSPS) is 10.7. The minimum absolute atomic E-state index is 0.175. The van der Waals surface area contributed by atoms with E-state index in [2.05, 4.69) is 5.32 Å². The third-order valence-electron chi connectivity index (χ3n) is 3.96. The molecule has 0 fully saturated rings. The maximum absolute atomic E-state index is 12.6. The zero-order chi connectivity index (χ0) is 21.5. The van der Waals surface area contributed by atoms with Crippen LogP contribution in [0.1, 0.15) is 5.56 Å². The van der Waals surface area contributed by atoms with Crippen LogP contribution in [0.15, 0.2) is 78.4 Å². The summed E-state index contributed by atoms with van der Waals surface area (Å²) < 4.78 is 5.79. The fourth-order valence-corrected chi connectivity index (χ4v) is 2.70. The van der Waals surface area contributed by atoms with E-state index in [0.717, 1.165) is 0 Å². The largest absolute Gasteiger partial charge is 0.455 e. The van der Waals surface area contributed by atoms with Crippen LogP contribution in [0, 0.1) is 21.4 Å². The number of amides is 1. The maximum Gasteiger partial charge on any atom is 0.270 e. The molecule has 3 aromatic rings. The lowest BCUT2D eigenvalue weighted by molar-refractivity contribution is -0.384. The average molecular weight is 420 g/mol. The molecular formula is C22H14ClN3O4. The zero-order valence-corrected chi connectivity index (χ0v) is 16.2. The van der Waals surface area contributed by atoms with Gasteiger partial charge in [0.1, 0.15) is 17.4 Å². The van der Waals surface area contributed by atoms with E-state index in [-0.39, 0.29) is 21.8 Å². The number of hydrogen-bond acceptors (Lipinski definition) is 5. The number of nitrogens with zero attached hydrogens (tertiary/aromatic N) is 2. The lowest BCUT2D eigenvalue weighted by Crippen LogP contribution is -2.14. The summed E-state index contributed by atoms with van der Waals surface area (Å²) in [5.41, 5.74) is 0.0703. The number of rotatable bonds is 6. The first-order valence-corrected chi connectivity index (χ1v) is 9.05. The first-order valence-electron chi connectivity index (χ1n) is 8.67. The van der Waals surface area contributed by atoms with Crippen LogP contribution in [0.2, 0.25) is 5.02 Å². The number of nitriles is 1. The van der Waals surface area contributed by atoms with Gasteiger partial charge in [0.05, 0.1) is 10.6 Å². The number of carbonyl (C=O) groups excluding carboxylic acids is 1. The van der Waals surface area contributed by atoms with Crippen molar-refractivity contribution in [3.63, 3.8) is 0 Å². The van der Waals surface area contributed by atoms with Crippen molar-refractivity contribution in [3.8, 4) is 17.6 Å². The lowest BCUT2D eigenvalue weighted by Gasteiger charge is -2.12. The Bertz CT molecular complexity index is 1170. The number of hydrogen-bond donors (Lipinski definition) is 1. The Morgan fingerprint density at radius 2 is 1.80 bits per heavy atom. The molecule has 30 heavy (non-hydrogen) atoms. The lowest BCUT2D eigenvalue weighted by atomic mass is 10.1. The van der Waals surface area contributed by atoms with E-state index in [1.54, 1.807) is 42.5 Å². The van der Waals surface area contributed by atoms with E-state index in [1.807, 2.05) is 18.2 Å². The quantitative estimate of drug-likeness (QED) is 0.243. The van der Waals surface area contributed by atoms with Gasteiger partial charge in [-0.15, -0.1) is 0 Å². The second-order valence-electron chi connectivity index (χ2n) is 6.00. The number of anilines is 1. The number of ether oxygens (including phenoxy) is 1. The molecule has 0 saturated heterocycles. The Kier molecular flexibility index (Phi) is 6.42. The van der Waals surface area contributed by atoms with Crippen LogP contribution in [0.5, 0.6) is 11.5 Å². The average Bonchev–Trinajstić information content (AvgIpc) is 2.75. The summed E-state index contributed by atoms with van der Waals surface area (Å²) in [5, 5.41) is 23.2. The van der Waals surface area contributed by atoms with Crippen molar-refractivity contribution in [2.75, 3.05) is 5.32 Å². The third-order valence-corrected chi connectivity index (χ3v) is 4.31. The highest BCUT2D eigenvalue weighted by Gasteiger charge is 2.15. The van der Waals surface area contributed by atoms with Crippen molar-refractivity contribution in [2.45, 2.75) is 0 Å². The number of nitro benzene ring substituents is 1. The molecule has 0 spiro atoms. The summed E-state index contributed by atoms with van der Waals surface area (Å²) >= 11 is 6.05. The first kappa shape index (κ1) is 20.6. The second kappa shape index (κ2) is 9.37. The van der Waals surface area contributed by atoms with Crippen molar-refractivity contribution >= 4 is 35.0 Å². The second-order valence-corrected chi connectivity index (χ2v) is 6.41. The number of para-hydroxylation sites is 3. The van der Waals surface area contributed by atoms with Gasteiger partial charge in [-0.25, -0.2) is 0 Å². The predicted octanol–water partition coefficient (Wildman–Crippen LogP) is 5.59. The van der Waals surface area contributed by atoms with Gasteiger partial charge >= 0.3 is 0 Å². The fourth-order valence-electron chi connectivity index (χ4n) is 2.52. The van der Waals surface area contributed by atoms with Gasteiger partial charge in [0.2, 0.25) is 0 Å². The zero-order valence-electron chi connectivity index (χ0n) is 15.4.